The molecule has 1 radical (unpaired) electrons. The van der Waals surface area contributed by atoms with Crippen molar-refractivity contribution in [2.24, 2.45) is 14.1 Å². The molecule has 6 rings (SSSR count). The van der Waals surface area contributed by atoms with Crippen LogP contribution >= 0.6 is 0 Å². The van der Waals surface area contributed by atoms with Crippen LogP contribution in [0.4, 0.5) is 13.2 Å². The number of rotatable bonds is 5. The minimum Gasteiger partial charge on any atom is -0.573 e. The maximum atomic E-state index is 12.2. The van der Waals surface area contributed by atoms with Gasteiger partial charge >= 0.3 is 6.18 Å². The molecular formula is C35H35F3IrN7O2-3. The maximum absolute atomic E-state index is 12.2. The van der Waals surface area contributed by atoms with Crippen LogP contribution in [0.25, 0.3) is 22.8 Å². The first kappa shape index (κ1) is 37.7. The van der Waals surface area contributed by atoms with Crippen molar-refractivity contribution < 1.29 is 51.9 Å². The maximum Gasteiger partial charge on any atom is 0.431 e. The summed E-state index contributed by atoms with van der Waals surface area (Å²) in [6.07, 6.45) is 3.48. The molecule has 0 fully saturated rings. The van der Waals surface area contributed by atoms with Gasteiger partial charge in [-0.2, -0.15) is 37.4 Å². The fraction of sp³-hybridized carbons (Fsp3) is 0.257. The zero-order chi connectivity index (χ0) is 34.3. The number of halogens is 3. The Morgan fingerprint density at radius 1 is 0.771 bits per heavy atom. The van der Waals surface area contributed by atoms with Crippen molar-refractivity contribution in [1.29, 1.82) is 0 Å². The largest absolute Gasteiger partial charge is 0.573 e. The number of nitrogens with zero attached hydrogens (tertiary/aromatic N) is 7. The summed E-state index contributed by atoms with van der Waals surface area (Å²) < 4.78 is 54.9. The zero-order valence-corrected chi connectivity index (χ0v) is 30.2. The third-order valence-corrected chi connectivity index (χ3v) is 7.45. The molecule has 6 aromatic rings. The summed E-state index contributed by atoms with van der Waals surface area (Å²) in [6.45, 7) is 8.28. The average molecular weight is 835 g/mol. The standard InChI is InChI=1S/2C13H15N2O.C9H5F3N3.Ir/c2*1-10-11(2)15(9-14(10)3)12-6-5-7-13(8-12)16-4;10-9(11,12)8-5-7(14-15-8)6-3-1-2-4-13-6;/h2*5,7-8H,1-4H3;1-5H;/q3*-1;. The minimum atomic E-state index is -4.46. The number of imidazole rings is 2. The molecule has 0 saturated heterocycles. The van der Waals surface area contributed by atoms with Crippen LogP contribution in [0.2, 0.25) is 0 Å². The molecule has 0 spiro atoms. The van der Waals surface area contributed by atoms with Gasteiger partial charge in [-0.15, -0.1) is 24.3 Å². The topological polar surface area (TPSA) is 76.0 Å². The Hall–Kier alpha value is -4.74. The molecule has 255 valence electrons. The van der Waals surface area contributed by atoms with Gasteiger partial charge in [0.25, 0.3) is 0 Å². The SMILES string of the molecule is COc1cc[c-]c(-n2[c-][n+](C)c(C)c2C)c1.COc1cc[c-]c(-n2[c-][n+](C)c(C)c2C)c1.FC(F)(F)c1cc(-c2ccccn2)[n-]n1.[Ir]. The Balaban J connectivity index is 0.000000193. The predicted octanol–water partition coefficient (Wildman–Crippen LogP) is 5.17. The van der Waals surface area contributed by atoms with E-state index in [9.17, 15) is 13.2 Å². The van der Waals surface area contributed by atoms with Gasteiger partial charge in [0.2, 0.25) is 12.7 Å². The Morgan fingerprint density at radius 3 is 1.62 bits per heavy atom. The van der Waals surface area contributed by atoms with E-state index in [2.05, 4.69) is 67.7 Å². The number of hydrogen-bond acceptors (Lipinski definition) is 4. The zero-order valence-electron chi connectivity index (χ0n) is 27.8. The number of methoxy groups -OCH3 is 2. The van der Waals surface area contributed by atoms with Crippen LogP contribution in [0.5, 0.6) is 11.5 Å². The predicted molar refractivity (Wildman–Crippen MR) is 167 cm³/mol. The molecule has 0 atom stereocenters. The third-order valence-electron chi connectivity index (χ3n) is 7.45. The summed E-state index contributed by atoms with van der Waals surface area (Å²) in [5.74, 6) is 1.66. The van der Waals surface area contributed by atoms with E-state index in [0.717, 1.165) is 40.3 Å². The molecule has 0 aliphatic heterocycles. The van der Waals surface area contributed by atoms with E-state index in [0.29, 0.717) is 5.69 Å². The molecule has 2 aromatic carbocycles. The van der Waals surface area contributed by atoms with E-state index in [4.69, 9.17) is 9.47 Å². The minimum absolute atomic E-state index is 0. The van der Waals surface area contributed by atoms with E-state index in [1.54, 1.807) is 32.4 Å². The summed E-state index contributed by atoms with van der Waals surface area (Å²) in [6, 6.07) is 23.5. The fourth-order valence-corrected chi connectivity index (χ4v) is 4.33. The van der Waals surface area contributed by atoms with Crippen molar-refractivity contribution in [3.8, 4) is 34.3 Å². The second kappa shape index (κ2) is 16.4. The summed E-state index contributed by atoms with van der Waals surface area (Å²) in [5, 5.41) is 6.47. The molecule has 0 aliphatic carbocycles. The molecule has 0 bridgehead atoms. The van der Waals surface area contributed by atoms with Crippen LogP contribution in [-0.2, 0) is 40.4 Å². The van der Waals surface area contributed by atoms with Crippen LogP contribution in [0.1, 0.15) is 28.5 Å². The molecule has 0 unspecified atom stereocenters. The number of pyridine rings is 1. The van der Waals surface area contributed by atoms with Gasteiger partial charge in [-0.05, 0) is 45.9 Å². The van der Waals surface area contributed by atoms with Gasteiger partial charge in [-0.3, -0.25) is 4.98 Å². The number of benzene rings is 2. The normalized spacial score (nSPS) is 10.6. The van der Waals surface area contributed by atoms with Crippen LogP contribution < -0.4 is 23.7 Å². The van der Waals surface area contributed by atoms with Crippen molar-refractivity contribution >= 4 is 0 Å². The average Bonchev–Trinajstić information content (AvgIpc) is 3.76. The molecular weight excluding hydrogens is 800 g/mol. The molecule has 4 heterocycles. The Labute approximate surface area is 292 Å². The third kappa shape index (κ3) is 8.99. The van der Waals surface area contributed by atoms with Crippen LogP contribution in [-0.4, -0.2) is 33.4 Å². The second-order valence-corrected chi connectivity index (χ2v) is 10.4. The van der Waals surface area contributed by atoms with Crippen molar-refractivity contribution in [3.63, 3.8) is 0 Å². The van der Waals surface area contributed by atoms with Crippen molar-refractivity contribution in [2.75, 3.05) is 14.2 Å². The monoisotopic (exact) mass is 835 g/mol. The van der Waals surface area contributed by atoms with E-state index in [1.807, 2.05) is 68.8 Å². The van der Waals surface area contributed by atoms with Gasteiger partial charge in [-0.25, -0.2) is 0 Å². The van der Waals surface area contributed by atoms with Crippen molar-refractivity contribution in [2.45, 2.75) is 33.9 Å². The number of ether oxygens (including phenoxy) is 2. The summed E-state index contributed by atoms with van der Waals surface area (Å²) >= 11 is 0. The van der Waals surface area contributed by atoms with Crippen LogP contribution in [0, 0.1) is 52.5 Å². The van der Waals surface area contributed by atoms with Gasteiger partial charge in [-0.1, -0.05) is 23.1 Å². The fourth-order valence-electron chi connectivity index (χ4n) is 4.33. The van der Waals surface area contributed by atoms with E-state index in [1.165, 1.54) is 17.6 Å². The van der Waals surface area contributed by atoms with Gasteiger partial charge < -0.3 is 37.9 Å². The summed E-state index contributed by atoms with van der Waals surface area (Å²) in [4.78, 5) is 3.87. The molecule has 0 saturated carbocycles. The Bertz CT molecular complexity index is 1840. The first-order valence-corrected chi connectivity index (χ1v) is 14.4. The van der Waals surface area contributed by atoms with Gasteiger partial charge in [0, 0.05) is 66.3 Å². The van der Waals surface area contributed by atoms with E-state index in [-0.39, 0.29) is 25.8 Å². The van der Waals surface area contributed by atoms with Gasteiger partial charge in [0.05, 0.1) is 28.3 Å². The first-order chi connectivity index (χ1) is 22.3. The molecule has 13 heteroatoms. The molecule has 4 aromatic heterocycles. The van der Waals surface area contributed by atoms with Crippen molar-refractivity contribution in [3.05, 3.63) is 120 Å². The number of aromatic nitrogens is 7. The molecule has 0 aliphatic rings. The van der Waals surface area contributed by atoms with Crippen LogP contribution in [0.3, 0.4) is 0 Å². The molecule has 9 nitrogen and oxygen atoms in total. The van der Waals surface area contributed by atoms with Crippen LogP contribution in [0.15, 0.2) is 66.9 Å². The van der Waals surface area contributed by atoms with Crippen molar-refractivity contribution in [1.82, 2.24) is 24.3 Å². The Kier molecular flexibility index (Phi) is 12.9. The first-order valence-electron chi connectivity index (χ1n) is 14.4. The smallest absolute Gasteiger partial charge is 0.431 e. The second-order valence-electron chi connectivity index (χ2n) is 10.4. The van der Waals surface area contributed by atoms with E-state index >= 15 is 0 Å². The van der Waals surface area contributed by atoms with Gasteiger partial charge in [0.1, 0.15) is 5.69 Å². The Morgan fingerprint density at radius 2 is 1.27 bits per heavy atom. The summed E-state index contributed by atoms with van der Waals surface area (Å²) in [5.41, 5.74) is 6.10. The number of aryl methyl sites for hydroxylation is 2. The van der Waals surface area contributed by atoms with Gasteiger partial charge in [0.15, 0.2) is 0 Å². The summed E-state index contributed by atoms with van der Waals surface area (Å²) in [7, 11) is 7.30. The van der Waals surface area contributed by atoms with E-state index < -0.39 is 11.9 Å². The number of alkyl halides is 3. The molecule has 0 N–H and O–H groups in total. The molecule has 0 amide bonds. The molecule has 48 heavy (non-hydrogen) atoms. The number of hydrogen-bond donors (Lipinski definition) is 0. The quantitative estimate of drug-likeness (QED) is 0.177.